The van der Waals surface area contributed by atoms with Crippen molar-refractivity contribution in [1.29, 1.82) is 0 Å². The van der Waals surface area contributed by atoms with Gasteiger partial charge in [-0.05, 0) is 30.0 Å². The van der Waals surface area contributed by atoms with Crippen LogP contribution in [0.5, 0.6) is 0 Å². The molecule has 2 rings (SSSR count). The summed E-state index contributed by atoms with van der Waals surface area (Å²) in [4.78, 5) is 13.9. The molecule has 2 amide bonds. The Labute approximate surface area is 161 Å². The van der Waals surface area contributed by atoms with Crippen molar-refractivity contribution < 1.29 is 13.2 Å². The first-order valence-corrected chi connectivity index (χ1v) is 10.7. The molecule has 0 saturated carbocycles. The zero-order valence-corrected chi connectivity index (χ0v) is 16.6. The van der Waals surface area contributed by atoms with Gasteiger partial charge in [0.25, 0.3) is 0 Å². The molecule has 0 fully saturated rings. The van der Waals surface area contributed by atoms with Gasteiger partial charge in [-0.25, -0.2) is 17.9 Å². The van der Waals surface area contributed by atoms with Crippen LogP contribution in [0.2, 0.25) is 0 Å². The van der Waals surface area contributed by atoms with E-state index < -0.39 is 10.0 Å². The van der Waals surface area contributed by atoms with Crippen LogP contribution >= 0.6 is 0 Å². The smallest absolute Gasteiger partial charge is 0.317 e. The number of amides is 2. The van der Waals surface area contributed by atoms with Crippen LogP contribution in [0.15, 0.2) is 54.6 Å². The van der Waals surface area contributed by atoms with Crippen molar-refractivity contribution >= 4 is 16.1 Å². The maximum Gasteiger partial charge on any atom is 0.317 e. The highest BCUT2D eigenvalue weighted by atomic mass is 32.2. The van der Waals surface area contributed by atoms with E-state index in [1.165, 1.54) is 0 Å². The number of hydrogen-bond donors (Lipinski definition) is 2. The molecule has 2 N–H and O–H groups in total. The number of benzene rings is 2. The summed E-state index contributed by atoms with van der Waals surface area (Å²) in [6, 6.07) is 17.9. The lowest BCUT2D eigenvalue weighted by Crippen LogP contribution is -2.38. The van der Waals surface area contributed by atoms with Crippen LogP contribution in [0.4, 0.5) is 4.79 Å². The lowest BCUT2D eigenvalue weighted by atomic mass is 9.99. The number of nitrogens with one attached hydrogen (secondary N) is 2. The highest BCUT2D eigenvalue weighted by molar-refractivity contribution is 7.89. The minimum absolute atomic E-state index is 0.0585. The fourth-order valence-electron chi connectivity index (χ4n) is 2.63. The minimum atomic E-state index is -3.18. The van der Waals surface area contributed by atoms with Crippen molar-refractivity contribution in [2.24, 2.45) is 0 Å². The first kappa shape index (κ1) is 20.9. The molecule has 2 aromatic carbocycles. The summed E-state index contributed by atoms with van der Waals surface area (Å²) < 4.78 is 25.2. The molecule has 27 heavy (non-hydrogen) atoms. The van der Waals surface area contributed by atoms with Gasteiger partial charge in [-0.3, -0.25) is 0 Å². The van der Waals surface area contributed by atoms with Gasteiger partial charge in [0.1, 0.15) is 0 Å². The van der Waals surface area contributed by atoms with Gasteiger partial charge in [0, 0.05) is 26.7 Å². The van der Waals surface area contributed by atoms with Gasteiger partial charge >= 0.3 is 6.03 Å². The zero-order valence-electron chi connectivity index (χ0n) is 15.8. The fourth-order valence-corrected chi connectivity index (χ4v) is 3.29. The first-order chi connectivity index (χ1) is 12.9. The van der Waals surface area contributed by atoms with E-state index in [1.54, 1.807) is 18.9 Å². The Bertz CT molecular complexity index is 839. The highest BCUT2D eigenvalue weighted by Crippen LogP contribution is 2.24. The van der Waals surface area contributed by atoms with Crippen LogP contribution in [-0.4, -0.2) is 45.2 Å². The third-order valence-electron chi connectivity index (χ3n) is 4.19. The molecule has 0 atom stereocenters. The number of nitrogens with zero attached hydrogens (tertiary/aromatic N) is 1. The second kappa shape index (κ2) is 10.1. The molecular formula is C20H27N3O3S. The summed E-state index contributed by atoms with van der Waals surface area (Å²) in [5, 5.41) is 2.82. The van der Waals surface area contributed by atoms with Crippen LogP contribution in [0.3, 0.4) is 0 Å². The van der Waals surface area contributed by atoms with Crippen molar-refractivity contribution in [1.82, 2.24) is 14.9 Å². The van der Waals surface area contributed by atoms with Gasteiger partial charge in [0.15, 0.2) is 0 Å². The molecule has 6 nitrogen and oxygen atoms in total. The predicted molar refractivity (Wildman–Crippen MR) is 109 cm³/mol. The third-order valence-corrected chi connectivity index (χ3v) is 5.59. The normalized spacial score (nSPS) is 11.2. The van der Waals surface area contributed by atoms with E-state index in [4.69, 9.17) is 0 Å². The lowest BCUT2D eigenvalue weighted by Gasteiger charge is -2.20. The molecule has 0 aliphatic heterocycles. The Morgan fingerprint density at radius 1 is 1.00 bits per heavy atom. The molecule has 0 unspecified atom stereocenters. The topological polar surface area (TPSA) is 78.5 Å². The molecule has 0 aliphatic rings. The molecule has 0 spiro atoms. The Balaban J connectivity index is 1.87. The highest BCUT2D eigenvalue weighted by Gasteiger charge is 2.12. The summed E-state index contributed by atoms with van der Waals surface area (Å²) in [6.07, 6.45) is 0.541. The van der Waals surface area contributed by atoms with Crippen LogP contribution < -0.4 is 10.0 Å². The number of sulfonamides is 1. The zero-order chi connectivity index (χ0) is 19.7. The number of urea groups is 1. The largest absolute Gasteiger partial charge is 0.338 e. The summed E-state index contributed by atoms with van der Waals surface area (Å²) >= 11 is 0. The Morgan fingerprint density at radius 3 is 2.37 bits per heavy atom. The summed E-state index contributed by atoms with van der Waals surface area (Å²) in [6.45, 7) is 2.80. The monoisotopic (exact) mass is 389 g/mol. The van der Waals surface area contributed by atoms with Gasteiger partial charge in [0.05, 0.1) is 5.75 Å². The Morgan fingerprint density at radius 2 is 1.67 bits per heavy atom. The van der Waals surface area contributed by atoms with E-state index in [1.807, 2.05) is 36.4 Å². The number of hydrogen-bond acceptors (Lipinski definition) is 3. The van der Waals surface area contributed by atoms with Crippen LogP contribution in [0, 0.1) is 0 Å². The van der Waals surface area contributed by atoms with Crippen molar-refractivity contribution in [3.63, 3.8) is 0 Å². The number of rotatable bonds is 9. The molecule has 146 valence electrons. The van der Waals surface area contributed by atoms with Gasteiger partial charge in [0.2, 0.25) is 10.0 Å². The SMILES string of the molecule is CCS(=O)(=O)NCCCNC(=O)N(C)Cc1ccccc1-c1ccccc1. The third kappa shape index (κ3) is 6.69. The fraction of sp³-hybridized carbons (Fsp3) is 0.350. The van der Waals surface area contributed by atoms with E-state index in [2.05, 4.69) is 28.2 Å². The molecule has 0 aliphatic carbocycles. The van der Waals surface area contributed by atoms with E-state index in [9.17, 15) is 13.2 Å². The number of carbonyl (C=O) groups excluding carboxylic acids is 1. The summed E-state index contributed by atoms with van der Waals surface area (Å²) in [5.74, 6) is 0.0585. The maximum absolute atomic E-state index is 12.3. The molecule has 0 heterocycles. The molecular weight excluding hydrogens is 362 g/mol. The first-order valence-electron chi connectivity index (χ1n) is 9.02. The second-order valence-corrected chi connectivity index (χ2v) is 8.36. The Kier molecular flexibility index (Phi) is 7.82. The molecule has 0 saturated heterocycles. The minimum Gasteiger partial charge on any atom is -0.338 e. The molecule has 0 aromatic heterocycles. The summed E-state index contributed by atoms with van der Waals surface area (Å²) in [7, 11) is -1.43. The van der Waals surface area contributed by atoms with E-state index in [0.29, 0.717) is 26.1 Å². The average Bonchev–Trinajstić information content (AvgIpc) is 2.68. The average molecular weight is 390 g/mol. The van der Waals surface area contributed by atoms with Crippen molar-refractivity contribution in [3.05, 3.63) is 60.2 Å². The van der Waals surface area contributed by atoms with E-state index in [0.717, 1.165) is 16.7 Å². The molecule has 7 heteroatoms. The van der Waals surface area contributed by atoms with Gasteiger partial charge in [-0.1, -0.05) is 54.6 Å². The quantitative estimate of drug-likeness (QED) is 0.647. The van der Waals surface area contributed by atoms with Crippen molar-refractivity contribution in [3.8, 4) is 11.1 Å². The Hall–Kier alpha value is -2.38. The summed E-state index contributed by atoms with van der Waals surface area (Å²) in [5.41, 5.74) is 3.29. The van der Waals surface area contributed by atoms with Crippen LogP contribution in [0.1, 0.15) is 18.9 Å². The molecule has 0 bridgehead atoms. The standard InChI is InChI=1S/C20H27N3O3S/c1-3-27(25,26)22-15-9-14-21-20(24)23(2)16-18-12-7-8-13-19(18)17-10-5-4-6-11-17/h4-8,10-13,22H,3,9,14-16H2,1-2H3,(H,21,24). The molecule has 2 aromatic rings. The van der Waals surface area contributed by atoms with E-state index in [-0.39, 0.29) is 11.8 Å². The van der Waals surface area contributed by atoms with Crippen LogP contribution in [-0.2, 0) is 16.6 Å². The van der Waals surface area contributed by atoms with Crippen molar-refractivity contribution in [2.45, 2.75) is 19.9 Å². The predicted octanol–water partition coefficient (Wildman–Crippen LogP) is 2.82. The van der Waals surface area contributed by atoms with Gasteiger partial charge in [-0.15, -0.1) is 0 Å². The lowest BCUT2D eigenvalue weighted by molar-refractivity contribution is 0.207. The van der Waals surface area contributed by atoms with Gasteiger partial charge in [-0.2, -0.15) is 0 Å². The maximum atomic E-state index is 12.3. The molecule has 0 radical (unpaired) electrons. The second-order valence-electron chi connectivity index (χ2n) is 6.26. The van der Waals surface area contributed by atoms with Crippen LogP contribution in [0.25, 0.3) is 11.1 Å². The van der Waals surface area contributed by atoms with Crippen molar-refractivity contribution in [2.75, 3.05) is 25.9 Å². The number of carbonyl (C=O) groups is 1. The van der Waals surface area contributed by atoms with E-state index >= 15 is 0 Å². The van der Waals surface area contributed by atoms with Gasteiger partial charge < -0.3 is 10.2 Å².